The Labute approximate surface area is 314 Å². The lowest BCUT2D eigenvalue weighted by Crippen LogP contribution is -2.41. The first-order valence-electron chi connectivity index (χ1n) is 21.1. The molecule has 6 heteroatoms. The van der Waals surface area contributed by atoms with Crippen LogP contribution in [-0.2, 0) is 36.9 Å². The lowest BCUT2D eigenvalue weighted by Gasteiger charge is -2.34. The number of hydrogen-bond acceptors (Lipinski definition) is 4. The molecule has 2 saturated heterocycles. The molecule has 0 N–H and O–H groups in total. The van der Waals surface area contributed by atoms with Gasteiger partial charge in [0.2, 0.25) is 0 Å². The number of unbranched alkanes of at least 4 members (excludes halogenated alkanes) is 8. The summed E-state index contributed by atoms with van der Waals surface area (Å²) in [6, 6.07) is 10.3. The van der Waals surface area contributed by atoms with Crippen molar-refractivity contribution in [1.29, 1.82) is 0 Å². The van der Waals surface area contributed by atoms with Crippen LogP contribution in [0.4, 0.5) is 0 Å². The average Bonchev–Trinajstić information content (AvgIpc) is 3.55. The summed E-state index contributed by atoms with van der Waals surface area (Å²) in [5, 5.41) is 0. The highest BCUT2D eigenvalue weighted by molar-refractivity contribution is 6.63. The third-order valence-corrected chi connectivity index (χ3v) is 13.4. The van der Waals surface area contributed by atoms with E-state index in [9.17, 15) is 0 Å². The van der Waals surface area contributed by atoms with Crippen molar-refractivity contribution in [2.45, 2.75) is 214 Å². The zero-order valence-corrected chi connectivity index (χ0v) is 34.9. The standard InChI is InChI=1S/C45H72B2O4/c1-13-17-21-23-27-45(28-24-22-18-14-2)37-31-39(46-48-41(5,6)42(7,8)49-46)33(25-19-15-3)29-35(37)36-30-34(26-20-16-4)40(32-38(36)45)47-50-43(9,10)44(11,12)51-47/h29-32H,13-28H2,1-12H3. The Morgan fingerprint density at radius 2 is 0.765 bits per heavy atom. The van der Waals surface area contributed by atoms with Crippen molar-refractivity contribution in [3.8, 4) is 11.1 Å². The van der Waals surface area contributed by atoms with E-state index in [-0.39, 0.29) is 42.1 Å². The normalized spacial score (nSPS) is 20.6. The topological polar surface area (TPSA) is 36.9 Å². The fraction of sp³-hybridized carbons (Fsp3) is 0.733. The SMILES string of the molecule is CCCCCCC1(CCCCCC)c2cc(B3OC(C)(C)C(C)(C)O3)c(CCCC)cc2-c2cc(CCCC)c(B3OC(C)(C)C(C)(C)O3)cc21. The van der Waals surface area contributed by atoms with Crippen LogP contribution >= 0.6 is 0 Å². The van der Waals surface area contributed by atoms with Crippen molar-refractivity contribution in [3.05, 3.63) is 46.5 Å². The Balaban J connectivity index is 1.76. The molecule has 0 saturated carbocycles. The second-order valence-corrected chi connectivity index (χ2v) is 18.3. The molecule has 0 radical (unpaired) electrons. The Morgan fingerprint density at radius 1 is 0.431 bits per heavy atom. The summed E-state index contributed by atoms with van der Waals surface area (Å²) in [5.41, 5.74) is 9.56. The quantitative estimate of drug-likeness (QED) is 0.115. The molecule has 0 aromatic heterocycles. The van der Waals surface area contributed by atoms with Crippen molar-refractivity contribution in [1.82, 2.24) is 0 Å². The molecule has 2 aromatic carbocycles. The van der Waals surface area contributed by atoms with E-state index in [4.69, 9.17) is 18.6 Å². The van der Waals surface area contributed by atoms with Crippen LogP contribution in [0.15, 0.2) is 24.3 Å². The molecule has 51 heavy (non-hydrogen) atoms. The van der Waals surface area contributed by atoms with Gasteiger partial charge in [0.25, 0.3) is 0 Å². The van der Waals surface area contributed by atoms with Crippen LogP contribution in [0.25, 0.3) is 11.1 Å². The fourth-order valence-electron chi connectivity index (χ4n) is 8.62. The Hall–Kier alpha value is -1.59. The highest BCUT2D eigenvalue weighted by Crippen LogP contribution is 2.55. The summed E-state index contributed by atoms with van der Waals surface area (Å²) in [4.78, 5) is 0. The molecule has 0 atom stereocenters. The van der Waals surface area contributed by atoms with Gasteiger partial charge in [-0.05, 0) is 138 Å². The summed E-state index contributed by atoms with van der Waals surface area (Å²) in [7, 11) is -0.733. The van der Waals surface area contributed by atoms with Gasteiger partial charge in [-0.15, -0.1) is 0 Å². The fourth-order valence-corrected chi connectivity index (χ4v) is 8.62. The summed E-state index contributed by atoms with van der Waals surface area (Å²) >= 11 is 0. The van der Waals surface area contributed by atoms with E-state index >= 15 is 0 Å². The predicted octanol–water partition coefficient (Wildman–Crippen LogP) is 11.2. The van der Waals surface area contributed by atoms with E-state index in [2.05, 4.69) is 107 Å². The van der Waals surface area contributed by atoms with Gasteiger partial charge in [0.15, 0.2) is 0 Å². The van der Waals surface area contributed by atoms with Gasteiger partial charge >= 0.3 is 14.2 Å². The number of rotatable bonds is 18. The van der Waals surface area contributed by atoms with Gasteiger partial charge in [0, 0.05) is 5.41 Å². The van der Waals surface area contributed by atoms with Gasteiger partial charge < -0.3 is 18.6 Å². The van der Waals surface area contributed by atoms with Gasteiger partial charge in [-0.2, -0.15) is 0 Å². The lowest BCUT2D eigenvalue weighted by molar-refractivity contribution is 0.00578. The zero-order valence-electron chi connectivity index (χ0n) is 34.9. The van der Waals surface area contributed by atoms with Crippen LogP contribution in [0.1, 0.15) is 195 Å². The minimum absolute atomic E-state index is 0.0739. The second kappa shape index (κ2) is 16.0. The van der Waals surface area contributed by atoms with Crippen LogP contribution in [0.3, 0.4) is 0 Å². The first-order valence-corrected chi connectivity index (χ1v) is 21.1. The zero-order chi connectivity index (χ0) is 37.2. The summed E-state index contributed by atoms with van der Waals surface area (Å²) in [6.07, 6.45) is 19.1. The molecule has 2 aromatic rings. The molecule has 4 nitrogen and oxygen atoms in total. The number of fused-ring (bicyclic) bond motifs is 3. The monoisotopic (exact) mass is 699 g/mol. The van der Waals surface area contributed by atoms with E-state index in [1.807, 2.05) is 0 Å². The van der Waals surface area contributed by atoms with Crippen LogP contribution in [0.2, 0.25) is 0 Å². The van der Waals surface area contributed by atoms with E-state index in [0.29, 0.717) is 0 Å². The van der Waals surface area contributed by atoms with Crippen LogP contribution in [-0.4, -0.2) is 36.6 Å². The highest BCUT2D eigenvalue weighted by atomic mass is 16.7. The van der Waals surface area contributed by atoms with Crippen molar-refractivity contribution in [2.24, 2.45) is 0 Å². The number of hydrogen-bond donors (Lipinski definition) is 0. The second-order valence-electron chi connectivity index (χ2n) is 18.3. The smallest absolute Gasteiger partial charge is 0.399 e. The minimum atomic E-state index is -0.384. The maximum absolute atomic E-state index is 6.84. The van der Waals surface area contributed by atoms with E-state index in [0.717, 1.165) is 51.4 Å². The number of benzene rings is 2. The molecule has 0 amide bonds. The van der Waals surface area contributed by atoms with Gasteiger partial charge in [0.05, 0.1) is 22.4 Å². The van der Waals surface area contributed by atoms with Gasteiger partial charge in [-0.3, -0.25) is 0 Å². The van der Waals surface area contributed by atoms with Crippen molar-refractivity contribution in [3.63, 3.8) is 0 Å². The molecule has 2 heterocycles. The minimum Gasteiger partial charge on any atom is -0.399 e. The van der Waals surface area contributed by atoms with E-state index in [1.54, 1.807) is 0 Å². The predicted molar refractivity (Wildman–Crippen MR) is 219 cm³/mol. The van der Waals surface area contributed by atoms with E-state index in [1.165, 1.54) is 95.7 Å². The summed E-state index contributed by atoms with van der Waals surface area (Å²) in [6.45, 7) is 26.7. The first kappa shape index (κ1) is 40.6. The molecule has 5 rings (SSSR count). The first-order chi connectivity index (χ1) is 24.1. The molecular formula is C45H72B2O4. The molecule has 282 valence electrons. The molecule has 0 unspecified atom stereocenters. The molecule has 0 spiro atoms. The Bertz CT molecular complexity index is 1350. The van der Waals surface area contributed by atoms with Gasteiger partial charge in [-0.25, -0.2) is 0 Å². The lowest BCUT2D eigenvalue weighted by atomic mass is 9.65. The van der Waals surface area contributed by atoms with Crippen LogP contribution in [0.5, 0.6) is 0 Å². The average molecular weight is 699 g/mol. The molecular weight excluding hydrogens is 626 g/mol. The molecule has 2 aliphatic heterocycles. The molecule has 0 bridgehead atoms. The maximum atomic E-state index is 6.84. The summed E-state index contributed by atoms with van der Waals surface area (Å²) < 4.78 is 27.3. The molecule has 1 aliphatic carbocycles. The third-order valence-electron chi connectivity index (χ3n) is 13.4. The van der Waals surface area contributed by atoms with Crippen LogP contribution in [0, 0.1) is 0 Å². The largest absolute Gasteiger partial charge is 0.495 e. The maximum Gasteiger partial charge on any atom is 0.495 e. The summed E-state index contributed by atoms with van der Waals surface area (Å²) in [5.74, 6) is 0. The van der Waals surface area contributed by atoms with Crippen molar-refractivity contribution >= 4 is 25.2 Å². The third kappa shape index (κ3) is 7.97. The highest BCUT2D eigenvalue weighted by Gasteiger charge is 2.55. The van der Waals surface area contributed by atoms with Crippen molar-refractivity contribution < 1.29 is 18.6 Å². The molecule has 3 aliphatic rings. The Kier molecular flexibility index (Phi) is 12.8. The van der Waals surface area contributed by atoms with Gasteiger partial charge in [0.1, 0.15) is 0 Å². The van der Waals surface area contributed by atoms with E-state index < -0.39 is 0 Å². The van der Waals surface area contributed by atoms with Crippen molar-refractivity contribution in [2.75, 3.05) is 0 Å². The van der Waals surface area contributed by atoms with Gasteiger partial charge in [-0.1, -0.05) is 116 Å². The van der Waals surface area contributed by atoms with Crippen LogP contribution < -0.4 is 10.9 Å². The number of aryl methyl sites for hydroxylation is 2. The molecule has 2 fully saturated rings. The Morgan fingerprint density at radius 3 is 1.08 bits per heavy atom.